The summed E-state index contributed by atoms with van der Waals surface area (Å²) in [4.78, 5) is 0. The fraction of sp³-hybridized carbons (Fsp3) is 0.286. The lowest BCUT2D eigenvalue weighted by atomic mass is 10.2. The topological polar surface area (TPSA) is 25.2 Å². The van der Waals surface area contributed by atoms with Crippen LogP contribution in [0.2, 0.25) is 0 Å². The lowest BCUT2D eigenvalue weighted by Crippen LogP contribution is -2.16. The minimum absolute atomic E-state index is 0.149. The molecule has 2 aromatic rings. The van der Waals surface area contributed by atoms with E-state index in [1.165, 1.54) is 12.1 Å². The van der Waals surface area contributed by atoms with Gasteiger partial charge >= 0.3 is 0 Å². The van der Waals surface area contributed by atoms with Crippen LogP contribution in [0.4, 0.5) is 4.39 Å². The molecule has 0 aliphatic heterocycles. The summed E-state index contributed by atoms with van der Waals surface area (Å²) in [6.07, 6.45) is 0. The number of nitrogens with one attached hydrogen (secondary N) is 1. The molecule has 2 nitrogen and oxygen atoms in total. The summed E-state index contributed by atoms with van der Waals surface area (Å²) in [5, 5.41) is 3.27. The SMILES string of the molecule is CCNC(C)c1ccc(-c2cc(F)ccc2Br)o1. The number of hydrogen-bond acceptors (Lipinski definition) is 2. The number of halogens is 2. The van der Waals surface area contributed by atoms with E-state index in [2.05, 4.69) is 21.2 Å². The van der Waals surface area contributed by atoms with Crippen LogP contribution in [0.25, 0.3) is 11.3 Å². The third-order valence-electron chi connectivity index (χ3n) is 2.76. The van der Waals surface area contributed by atoms with Gasteiger partial charge in [-0.15, -0.1) is 0 Å². The second kappa shape index (κ2) is 5.67. The molecular weight excluding hydrogens is 297 g/mol. The van der Waals surface area contributed by atoms with Crippen LogP contribution in [-0.2, 0) is 0 Å². The van der Waals surface area contributed by atoms with E-state index in [1.54, 1.807) is 6.07 Å². The molecule has 0 fully saturated rings. The molecule has 0 aliphatic rings. The Morgan fingerprint density at radius 2 is 2.11 bits per heavy atom. The normalized spacial score (nSPS) is 12.7. The van der Waals surface area contributed by atoms with E-state index in [-0.39, 0.29) is 11.9 Å². The Hall–Kier alpha value is -1.13. The van der Waals surface area contributed by atoms with Crippen molar-refractivity contribution in [1.82, 2.24) is 5.32 Å². The van der Waals surface area contributed by atoms with Gasteiger partial charge in [-0.05, 0) is 43.8 Å². The first-order chi connectivity index (χ1) is 8.61. The molecule has 0 bridgehead atoms. The van der Waals surface area contributed by atoms with Crippen molar-refractivity contribution in [2.24, 2.45) is 0 Å². The summed E-state index contributed by atoms with van der Waals surface area (Å²) in [5.41, 5.74) is 0.727. The lowest BCUT2D eigenvalue weighted by Gasteiger charge is -2.08. The number of benzene rings is 1. The van der Waals surface area contributed by atoms with Gasteiger partial charge in [0.15, 0.2) is 0 Å². The average molecular weight is 312 g/mol. The predicted octanol–water partition coefficient (Wildman–Crippen LogP) is 4.52. The van der Waals surface area contributed by atoms with Crippen molar-refractivity contribution >= 4 is 15.9 Å². The Balaban J connectivity index is 2.32. The molecule has 0 aliphatic carbocycles. The molecule has 0 saturated carbocycles. The van der Waals surface area contributed by atoms with Crippen LogP contribution in [0.3, 0.4) is 0 Å². The van der Waals surface area contributed by atoms with Gasteiger partial charge in [0.25, 0.3) is 0 Å². The van der Waals surface area contributed by atoms with E-state index in [1.807, 2.05) is 26.0 Å². The van der Waals surface area contributed by atoms with Gasteiger partial charge in [0, 0.05) is 10.0 Å². The quantitative estimate of drug-likeness (QED) is 0.898. The van der Waals surface area contributed by atoms with Crippen molar-refractivity contribution in [3.8, 4) is 11.3 Å². The van der Waals surface area contributed by atoms with Crippen LogP contribution in [0, 0.1) is 5.82 Å². The van der Waals surface area contributed by atoms with Crippen LogP contribution in [0.5, 0.6) is 0 Å². The molecule has 1 unspecified atom stereocenters. The summed E-state index contributed by atoms with van der Waals surface area (Å²) < 4.78 is 19.8. The molecule has 4 heteroatoms. The minimum atomic E-state index is -0.272. The highest BCUT2D eigenvalue weighted by molar-refractivity contribution is 9.10. The van der Waals surface area contributed by atoms with Crippen molar-refractivity contribution in [3.63, 3.8) is 0 Å². The fourth-order valence-electron chi connectivity index (χ4n) is 1.82. The highest BCUT2D eigenvalue weighted by Gasteiger charge is 2.12. The monoisotopic (exact) mass is 311 g/mol. The van der Waals surface area contributed by atoms with E-state index < -0.39 is 0 Å². The first-order valence-electron chi connectivity index (χ1n) is 5.90. The molecule has 0 radical (unpaired) electrons. The van der Waals surface area contributed by atoms with Crippen molar-refractivity contribution < 1.29 is 8.81 Å². The van der Waals surface area contributed by atoms with Crippen molar-refractivity contribution in [2.75, 3.05) is 6.54 Å². The Labute approximate surface area is 114 Å². The second-order valence-electron chi connectivity index (χ2n) is 4.11. The molecule has 96 valence electrons. The van der Waals surface area contributed by atoms with E-state index in [4.69, 9.17) is 4.42 Å². The number of rotatable bonds is 4. The van der Waals surface area contributed by atoms with Crippen LogP contribution in [0.1, 0.15) is 25.6 Å². The zero-order valence-corrected chi connectivity index (χ0v) is 11.9. The van der Waals surface area contributed by atoms with Gasteiger partial charge in [0.05, 0.1) is 6.04 Å². The zero-order valence-electron chi connectivity index (χ0n) is 10.3. The third-order valence-corrected chi connectivity index (χ3v) is 3.45. The predicted molar refractivity (Wildman–Crippen MR) is 73.9 cm³/mol. The molecule has 1 N–H and O–H groups in total. The number of furan rings is 1. The van der Waals surface area contributed by atoms with Crippen molar-refractivity contribution in [1.29, 1.82) is 0 Å². The van der Waals surface area contributed by atoms with Crippen LogP contribution < -0.4 is 5.32 Å². The first kappa shape index (κ1) is 13.3. The molecule has 18 heavy (non-hydrogen) atoms. The second-order valence-corrected chi connectivity index (χ2v) is 4.96. The average Bonchev–Trinajstić information content (AvgIpc) is 2.82. The molecule has 1 aromatic heterocycles. The van der Waals surface area contributed by atoms with Crippen LogP contribution >= 0.6 is 15.9 Å². The van der Waals surface area contributed by atoms with Gasteiger partial charge in [0.2, 0.25) is 0 Å². The fourth-order valence-corrected chi connectivity index (χ4v) is 2.27. The Morgan fingerprint density at radius 3 is 2.83 bits per heavy atom. The highest BCUT2D eigenvalue weighted by atomic mass is 79.9. The Morgan fingerprint density at radius 1 is 1.33 bits per heavy atom. The van der Waals surface area contributed by atoms with E-state index >= 15 is 0 Å². The van der Waals surface area contributed by atoms with Crippen LogP contribution in [0.15, 0.2) is 39.2 Å². The van der Waals surface area contributed by atoms with E-state index in [0.717, 1.165) is 22.3 Å². The van der Waals surface area contributed by atoms with E-state index in [0.29, 0.717) is 5.76 Å². The maximum atomic E-state index is 13.2. The van der Waals surface area contributed by atoms with Crippen molar-refractivity contribution in [2.45, 2.75) is 19.9 Å². The molecule has 2 rings (SSSR count). The maximum Gasteiger partial charge on any atom is 0.135 e. The summed E-state index contributed by atoms with van der Waals surface area (Å²) in [6, 6.07) is 8.49. The van der Waals surface area contributed by atoms with Gasteiger partial charge in [-0.3, -0.25) is 0 Å². The molecule has 0 saturated heterocycles. The largest absolute Gasteiger partial charge is 0.459 e. The third kappa shape index (κ3) is 2.82. The summed E-state index contributed by atoms with van der Waals surface area (Å²) in [6.45, 7) is 4.96. The molecule has 1 aromatic carbocycles. The lowest BCUT2D eigenvalue weighted by molar-refractivity contribution is 0.445. The van der Waals surface area contributed by atoms with Gasteiger partial charge in [-0.25, -0.2) is 4.39 Å². The van der Waals surface area contributed by atoms with Gasteiger partial charge in [-0.2, -0.15) is 0 Å². The molecule has 0 amide bonds. The minimum Gasteiger partial charge on any atom is -0.459 e. The summed E-state index contributed by atoms with van der Waals surface area (Å²) in [7, 11) is 0. The Kier molecular flexibility index (Phi) is 4.19. The standard InChI is InChI=1S/C14H15BrFNO/c1-3-17-9(2)13-6-7-14(18-13)11-8-10(16)4-5-12(11)15/h4-9,17H,3H2,1-2H3. The van der Waals surface area contributed by atoms with Gasteiger partial charge < -0.3 is 9.73 Å². The summed E-state index contributed by atoms with van der Waals surface area (Å²) >= 11 is 3.40. The highest BCUT2D eigenvalue weighted by Crippen LogP contribution is 2.31. The van der Waals surface area contributed by atoms with Gasteiger partial charge in [0.1, 0.15) is 17.3 Å². The first-order valence-corrected chi connectivity index (χ1v) is 6.69. The van der Waals surface area contributed by atoms with Crippen LogP contribution in [-0.4, -0.2) is 6.54 Å². The molecule has 1 atom stereocenters. The van der Waals surface area contributed by atoms with Gasteiger partial charge in [-0.1, -0.05) is 22.9 Å². The van der Waals surface area contributed by atoms with E-state index in [9.17, 15) is 4.39 Å². The smallest absolute Gasteiger partial charge is 0.135 e. The number of hydrogen-bond donors (Lipinski definition) is 1. The van der Waals surface area contributed by atoms with Crippen molar-refractivity contribution in [3.05, 3.63) is 46.4 Å². The maximum absolute atomic E-state index is 13.2. The molecular formula is C14H15BrFNO. The molecule has 0 spiro atoms. The molecule has 1 heterocycles. The summed E-state index contributed by atoms with van der Waals surface area (Å²) in [5.74, 6) is 1.25. The Bertz CT molecular complexity index is 538. The zero-order chi connectivity index (χ0) is 13.1.